The van der Waals surface area contributed by atoms with Crippen LogP contribution >= 0.6 is 11.6 Å². The van der Waals surface area contributed by atoms with E-state index in [0.29, 0.717) is 5.69 Å². The van der Waals surface area contributed by atoms with Crippen molar-refractivity contribution in [2.24, 2.45) is 0 Å². The number of hydrogen-bond donors (Lipinski definition) is 3. The molecule has 0 radical (unpaired) electrons. The van der Waals surface area contributed by atoms with Crippen molar-refractivity contribution in [3.05, 3.63) is 52.5 Å². The Labute approximate surface area is 172 Å². The van der Waals surface area contributed by atoms with Crippen molar-refractivity contribution in [2.75, 3.05) is 28.7 Å². The molecule has 0 heterocycles. The van der Waals surface area contributed by atoms with Gasteiger partial charge in [-0.3, -0.25) is 14.3 Å². The molecule has 3 N–H and O–H groups in total. The van der Waals surface area contributed by atoms with Gasteiger partial charge in [0.15, 0.2) is 0 Å². The Morgan fingerprint density at radius 3 is 2.14 bits per heavy atom. The zero-order valence-corrected chi connectivity index (χ0v) is 17.3. The van der Waals surface area contributed by atoms with Crippen LogP contribution in [-0.4, -0.2) is 39.6 Å². The number of sulfonamides is 1. The highest BCUT2D eigenvalue weighted by molar-refractivity contribution is 7.92. The number of carbonyl (C=O) groups is 3. The van der Waals surface area contributed by atoms with E-state index < -0.39 is 21.9 Å². The Hall–Kier alpha value is -3.11. The third-order valence-corrected chi connectivity index (χ3v) is 4.43. The number of methoxy groups -OCH3 is 1. The number of anilines is 3. The summed E-state index contributed by atoms with van der Waals surface area (Å²) in [6, 6.07) is 8.32. The number of esters is 1. The molecule has 0 atom stereocenters. The monoisotopic (exact) mass is 439 g/mol. The van der Waals surface area contributed by atoms with Gasteiger partial charge in [0.25, 0.3) is 5.91 Å². The molecule has 0 saturated carbocycles. The summed E-state index contributed by atoms with van der Waals surface area (Å²) in [5, 5.41) is 5.22. The maximum atomic E-state index is 12.8. The Morgan fingerprint density at radius 2 is 1.55 bits per heavy atom. The fourth-order valence-corrected chi connectivity index (χ4v) is 3.14. The number of benzene rings is 2. The quantitative estimate of drug-likeness (QED) is 0.593. The summed E-state index contributed by atoms with van der Waals surface area (Å²) in [6.45, 7) is 1.30. The summed E-state index contributed by atoms with van der Waals surface area (Å²) in [5.41, 5.74) is 0.550. The second-order valence-corrected chi connectivity index (χ2v) is 8.11. The Bertz CT molecular complexity index is 1080. The minimum absolute atomic E-state index is 0.0151. The van der Waals surface area contributed by atoms with Gasteiger partial charge in [-0.05, 0) is 36.4 Å². The van der Waals surface area contributed by atoms with Crippen LogP contribution in [0.25, 0.3) is 0 Å². The van der Waals surface area contributed by atoms with Gasteiger partial charge in [-0.25, -0.2) is 13.2 Å². The first-order valence-electron chi connectivity index (χ1n) is 8.09. The molecule has 2 amide bonds. The highest BCUT2D eigenvalue weighted by Gasteiger charge is 2.18. The fourth-order valence-electron chi connectivity index (χ4n) is 2.37. The molecule has 29 heavy (non-hydrogen) atoms. The first-order chi connectivity index (χ1) is 13.5. The van der Waals surface area contributed by atoms with Crippen molar-refractivity contribution < 1.29 is 27.5 Å². The molecule has 2 aromatic carbocycles. The summed E-state index contributed by atoms with van der Waals surface area (Å²) in [5.74, 6) is -1.72. The van der Waals surface area contributed by atoms with E-state index >= 15 is 0 Å². The third-order valence-electron chi connectivity index (χ3n) is 3.51. The van der Waals surface area contributed by atoms with Gasteiger partial charge >= 0.3 is 5.97 Å². The lowest BCUT2D eigenvalue weighted by Crippen LogP contribution is -2.18. The highest BCUT2D eigenvalue weighted by atomic mass is 35.5. The second-order valence-electron chi connectivity index (χ2n) is 5.96. The first-order valence-corrected chi connectivity index (χ1v) is 10.4. The molecule has 0 aliphatic heterocycles. The van der Waals surface area contributed by atoms with Crippen LogP contribution in [0.2, 0.25) is 5.02 Å². The summed E-state index contributed by atoms with van der Waals surface area (Å²) in [4.78, 5) is 35.8. The van der Waals surface area contributed by atoms with Crippen LogP contribution in [0, 0.1) is 0 Å². The number of rotatable bonds is 6. The van der Waals surface area contributed by atoms with Crippen LogP contribution < -0.4 is 15.4 Å². The lowest BCUT2D eigenvalue weighted by atomic mass is 10.1. The lowest BCUT2D eigenvalue weighted by Gasteiger charge is -2.14. The van der Waals surface area contributed by atoms with Gasteiger partial charge in [0.05, 0.1) is 35.2 Å². The number of halogens is 1. The summed E-state index contributed by atoms with van der Waals surface area (Å²) < 4.78 is 30.1. The molecule has 0 aliphatic carbocycles. The van der Waals surface area contributed by atoms with Gasteiger partial charge < -0.3 is 15.4 Å². The predicted molar refractivity (Wildman–Crippen MR) is 110 cm³/mol. The standard InChI is InChI=1S/C18H18ClN3O6S/c1-10(23)20-11-5-7-16(22-29(3,26)27)14(9-11)17(24)21-12-4-6-15(19)13(8-12)18(25)28-2/h4-9,22H,1-3H3,(H,20,23)(H,21,24). The number of hydrogen-bond acceptors (Lipinski definition) is 6. The smallest absolute Gasteiger partial charge is 0.339 e. The van der Waals surface area contributed by atoms with Crippen molar-refractivity contribution in [3.63, 3.8) is 0 Å². The van der Waals surface area contributed by atoms with Crippen LogP contribution in [0.5, 0.6) is 0 Å². The Kier molecular flexibility index (Phi) is 6.83. The SMILES string of the molecule is COC(=O)c1cc(NC(=O)c2cc(NC(C)=O)ccc2NS(C)(=O)=O)ccc1Cl. The number of nitrogens with one attached hydrogen (secondary N) is 3. The normalized spacial score (nSPS) is 10.8. The summed E-state index contributed by atoms with van der Waals surface area (Å²) in [7, 11) is -2.47. The topological polar surface area (TPSA) is 131 Å². The second kappa shape index (κ2) is 8.93. The average Bonchev–Trinajstić information content (AvgIpc) is 2.62. The molecule has 0 unspecified atom stereocenters. The molecule has 9 nitrogen and oxygen atoms in total. The van der Waals surface area contributed by atoms with Crippen molar-refractivity contribution in [3.8, 4) is 0 Å². The molecule has 0 bridgehead atoms. The van der Waals surface area contributed by atoms with E-state index in [0.717, 1.165) is 6.26 Å². The predicted octanol–water partition coefficient (Wildman–Crippen LogP) is 2.71. The first kappa shape index (κ1) is 22.2. The molecule has 0 saturated heterocycles. The summed E-state index contributed by atoms with van der Waals surface area (Å²) in [6.07, 6.45) is 0.943. The van der Waals surface area contributed by atoms with Gasteiger partial charge in [0.2, 0.25) is 15.9 Å². The molecule has 0 aliphatic rings. The third kappa shape index (κ3) is 6.19. The molecular formula is C18H18ClN3O6S. The Balaban J connectivity index is 2.42. The van der Waals surface area contributed by atoms with Gasteiger partial charge in [-0.2, -0.15) is 0 Å². The maximum absolute atomic E-state index is 12.8. The minimum Gasteiger partial charge on any atom is -0.465 e. The fraction of sp³-hybridized carbons (Fsp3) is 0.167. The van der Waals surface area contributed by atoms with Crippen LogP contribution in [-0.2, 0) is 19.6 Å². The van der Waals surface area contributed by atoms with E-state index in [1.165, 1.54) is 50.4 Å². The van der Waals surface area contributed by atoms with E-state index in [9.17, 15) is 22.8 Å². The largest absolute Gasteiger partial charge is 0.465 e. The lowest BCUT2D eigenvalue weighted by molar-refractivity contribution is -0.114. The molecule has 0 fully saturated rings. The zero-order chi connectivity index (χ0) is 21.8. The summed E-state index contributed by atoms with van der Waals surface area (Å²) >= 11 is 5.96. The van der Waals surface area contributed by atoms with E-state index in [1.54, 1.807) is 0 Å². The average molecular weight is 440 g/mol. The van der Waals surface area contributed by atoms with Gasteiger partial charge in [-0.1, -0.05) is 11.6 Å². The number of carbonyl (C=O) groups excluding carboxylic acids is 3. The highest BCUT2D eigenvalue weighted by Crippen LogP contribution is 2.25. The van der Waals surface area contributed by atoms with E-state index in [2.05, 4.69) is 20.1 Å². The van der Waals surface area contributed by atoms with Crippen molar-refractivity contribution in [2.45, 2.75) is 6.92 Å². The van der Waals surface area contributed by atoms with Crippen LogP contribution in [0.4, 0.5) is 17.1 Å². The minimum atomic E-state index is -3.66. The number of ether oxygens (including phenoxy) is 1. The van der Waals surface area contributed by atoms with E-state index in [1.807, 2.05) is 0 Å². The van der Waals surface area contributed by atoms with Crippen LogP contribution in [0.3, 0.4) is 0 Å². The van der Waals surface area contributed by atoms with Gasteiger partial charge in [-0.15, -0.1) is 0 Å². The van der Waals surface area contributed by atoms with Crippen LogP contribution in [0.15, 0.2) is 36.4 Å². The zero-order valence-electron chi connectivity index (χ0n) is 15.7. The molecule has 154 valence electrons. The molecule has 0 aromatic heterocycles. The molecular weight excluding hydrogens is 422 g/mol. The van der Waals surface area contributed by atoms with E-state index in [-0.39, 0.29) is 33.4 Å². The molecule has 2 rings (SSSR count). The van der Waals surface area contributed by atoms with Crippen molar-refractivity contribution in [1.29, 1.82) is 0 Å². The maximum Gasteiger partial charge on any atom is 0.339 e. The van der Waals surface area contributed by atoms with Gasteiger partial charge in [0, 0.05) is 18.3 Å². The molecule has 2 aromatic rings. The van der Waals surface area contributed by atoms with E-state index in [4.69, 9.17) is 11.6 Å². The molecule has 11 heteroatoms. The van der Waals surface area contributed by atoms with Crippen molar-refractivity contribution in [1.82, 2.24) is 0 Å². The van der Waals surface area contributed by atoms with Crippen LogP contribution in [0.1, 0.15) is 27.6 Å². The van der Waals surface area contributed by atoms with Gasteiger partial charge in [0.1, 0.15) is 0 Å². The molecule has 0 spiro atoms. The van der Waals surface area contributed by atoms with Crippen molar-refractivity contribution >= 4 is 56.5 Å². The Morgan fingerprint density at radius 1 is 0.966 bits per heavy atom. The number of amides is 2.